The smallest absolute Gasteiger partial charge is 0.306 e. The number of nitrogens with one attached hydrogen (secondary N) is 1. The van der Waals surface area contributed by atoms with Crippen LogP contribution in [0, 0.1) is 0 Å². The second-order valence-corrected chi connectivity index (χ2v) is 4.98. The summed E-state index contributed by atoms with van der Waals surface area (Å²) in [5, 5.41) is 3.36. The number of amides is 1. The van der Waals surface area contributed by atoms with Crippen molar-refractivity contribution in [2.75, 3.05) is 23.9 Å². The van der Waals surface area contributed by atoms with Crippen LogP contribution in [0.2, 0.25) is 5.02 Å². The van der Waals surface area contributed by atoms with Crippen LogP contribution in [0.25, 0.3) is 0 Å². The lowest BCUT2D eigenvalue weighted by Gasteiger charge is -2.04. The van der Waals surface area contributed by atoms with Gasteiger partial charge in [-0.3, -0.25) is 9.59 Å². The minimum absolute atomic E-state index is 0.104. The predicted molar refractivity (Wildman–Crippen MR) is 74.0 cm³/mol. The van der Waals surface area contributed by atoms with Crippen molar-refractivity contribution in [1.29, 1.82) is 0 Å². The molecule has 0 saturated carbocycles. The molecule has 0 bridgehead atoms. The van der Waals surface area contributed by atoms with Gasteiger partial charge in [0.2, 0.25) is 5.91 Å². The highest BCUT2D eigenvalue weighted by atomic mass is 35.5. The number of methoxy groups -OCH3 is 1. The fourth-order valence-electron chi connectivity index (χ4n) is 1.15. The van der Waals surface area contributed by atoms with Crippen molar-refractivity contribution in [3.63, 3.8) is 0 Å². The van der Waals surface area contributed by atoms with Crippen molar-refractivity contribution in [3.8, 4) is 0 Å². The minimum atomic E-state index is -0.263. The van der Waals surface area contributed by atoms with E-state index in [-0.39, 0.29) is 11.9 Å². The molecule has 18 heavy (non-hydrogen) atoms. The Hall–Kier alpha value is -1.20. The second kappa shape index (κ2) is 8.00. The molecule has 0 heterocycles. The summed E-state index contributed by atoms with van der Waals surface area (Å²) >= 11 is 7.12. The Morgan fingerprint density at radius 1 is 1.33 bits per heavy atom. The zero-order valence-electron chi connectivity index (χ0n) is 9.94. The van der Waals surface area contributed by atoms with Gasteiger partial charge in [-0.05, 0) is 24.3 Å². The van der Waals surface area contributed by atoms with Gasteiger partial charge in [0.1, 0.15) is 0 Å². The number of ether oxygens (including phenoxy) is 1. The first-order valence-corrected chi connectivity index (χ1v) is 6.85. The summed E-state index contributed by atoms with van der Waals surface area (Å²) in [5.41, 5.74) is 0.706. The molecular formula is C12H14ClNO3S. The average molecular weight is 288 g/mol. The van der Waals surface area contributed by atoms with E-state index in [1.807, 2.05) is 0 Å². The van der Waals surface area contributed by atoms with Crippen molar-refractivity contribution >= 4 is 40.9 Å². The van der Waals surface area contributed by atoms with Gasteiger partial charge < -0.3 is 10.1 Å². The van der Waals surface area contributed by atoms with Crippen LogP contribution >= 0.6 is 23.4 Å². The number of esters is 1. The Balaban J connectivity index is 2.21. The van der Waals surface area contributed by atoms with E-state index in [1.165, 1.54) is 18.9 Å². The van der Waals surface area contributed by atoms with Crippen LogP contribution in [-0.4, -0.2) is 30.5 Å². The number of carbonyl (C=O) groups is 2. The summed E-state index contributed by atoms with van der Waals surface area (Å²) < 4.78 is 4.50. The highest BCUT2D eigenvalue weighted by molar-refractivity contribution is 7.99. The normalized spacial score (nSPS) is 9.89. The molecule has 1 aromatic rings. The van der Waals surface area contributed by atoms with Gasteiger partial charge in [0.15, 0.2) is 0 Å². The van der Waals surface area contributed by atoms with Crippen molar-refractivity contribution in [1.82, 2.24) is 0 Å². The molecule has 1 N–H and O–H groups in total. The fraction of sp³-hybridized carbons (Fsp3) is 0.333. The maximum atomic E-state index is 11.5. The zero-order chi connectivity index (χ0) is 13.4. The van der Waals surface area contributed by atoms with Gasteiger partial charge in [-0.25, -0.2) is 0 Å². The van der Waals surface area contributed by atoms with E-state index in [1.54, 1.807) is 24.3 Å². The lowest BCUT2D eigenvalue weighted by Crippen LogP contribution is -2.14. The third kappa shape index (κ3) is 5.93. The van der Waals surface area contributed by atoms with Crippen LogP contribution in [0.3, 0.4) is 0 Å². The Morgan fingerprint density at radius 3 is 2.61 bits per heavy atom. The Morgan fingerprint density at radius 2 is 2.00 bits per heavy atom. The minimum Gasteiger partial charge on any atom is -0.469 e. The molecule has 0 saturated heterocycles. The molecule has 4 nitrogen and oxygen atoms in total. The summed E-state index contributed by atoms with van der Waals surface area (Å²) in [6.07, 6.45) is 0.315. The van der Waals surface area contributed by atoms with Gasteiger partial charge in [0, 0.05) is 16.5 Å². The van der Waals surface area contributed by atoms with Crippen LogP contribution in [-0.2, 0) is 14.3 Å². The molecule has 0 spiro atoms. The van der Waals surface area contributed by atoms with Crippen molar-refractivity contribution in [2.24, 2.45) is 0 Å². The largest absolute Gasteiger partial charge is 0.469 e. The molecule has 0 aliphatic carbocycles. The number of hydrogen-bond donors (Lipinski definition) is 1. The quantitative estimate of drug-likeness (QED) is 0.645. The number of thioether (sulfide) groups is 1. The van der Waals surface area contributed by atoms with E-state index >= 15 is 0 Å². The van der Waals surface area contributed by atoms with Crippen LogP contribution in [0.5, 0.6) is 0 Å². The molecular weight excluding hydrogens is 274 g/mol. The van der Waals surface area contributed by atoms with Crippen LogP contribution < -0.4 is 5.32 Å². The first-order chi connectivity index (χ1) is 8.61. The lowest BCUT2D eigenvalue weighted by atomic mass is 10.3. The van der Waals surface area contributed by atoms with Gasteiger partial charge >= 0.3 is 5.97 Å². The topological polar surface area (TPSA) is 55.4 Å². The van der Waals surface area contributed by atoms with Crippen LogP contribution in [0.15, 0.2) is 24.3 Å². The first-order valence-electron chi connectivity index (χ1n) is 5.32. The van der Waals surface area contributed by atoms with Crippen molar-refractivity contribution in [2.45, 2.75) is 6.42 Å². The molecule has 0 unspecified atom stereocenters. The maximum Gasteiger partial charge on any atom is 0.306 e. The average Bonchev–Trinajstić information content (AvgIpc) is 2.37. The molecule has 0 fully saturated rings. The van der Waals surface area contributed by atoms with E-state index < -0.39 is 0 Å². The number of halogens is 1. The standard InChI is InChI=1S/C12H14ClNO3S/c1-17-12(16)6-7-18-8-11(15)14-10-4-2-9(13)3-5-10/h2-5H,6-8H2,1H3,(H,14,15). The molecule has 1 rings (SSSR count). The Bertz CT molecular complexity index is 408. The number of anilines is 1. The molecule has 6 heteroatoms. The SMILES string of the molecule is COC(=O)CCSCC(=O)Nc1ccc(Cl)cc1. The third-order valence-corrected chi connectivity index (χ3v) is 3.25. The van der Waals surface area contributed by atoms with Gasteiger partial charge in [-0.1, -0.05) is 11.6 Å². The highest BCUT2D eigenvalue weighted by Gasteiger charge is 2.04. The van der Waals surface area contributed by atoms with E-state index in [2.05, 4.69) is 10.1 Å². The van der Waals surface area contributed by atoms with Gasteiger partial charge in [-0.2, -0.15) is 11.8 Å². The maximum absolute atomic E-state index is 11.5. The molecule has 0 atom stereocenters. The summed E-state index contributed by atoms with van der Waals surface area (Å²) in [4.78, 5) is 22.4. The van der Waals surface area contributed by atoms with Gasteiger partial charge in [0.25, 0.3) is 0 Å². The first kappa shape index (κ1) is 14.9. The van der Waals surface area contributed by atoms with Gasteiger partial charge in [-0.15, -0.1) is 0 Å². The fourth-order valence-corrected chi connectivity index (χ4v) is 1.99. The van der Waals surface area contributed by atoms with Gasteiger partial charge in [0.05, 0.1) is 19.3 Å². The van der Waals surface area contributed by atoms with E-state index in [0.717, 1.165) is 0 Å². The van der Waals surface area contributed by atoms with Crippen molar-refractivity contribution in [3.05, 3.63) is 29.3 Å². The summed E-state index contributed by atoms with van der Waals surface area (Å²) in [7, 11) is 1.35. The number of rotatable bonds is 6. The third-order valence-electron chi connectivity index (χ3n) is 2.04. The number of carbonyl (C=O) groups excluding carboxylic acids is 2. The second-order valence-electron chi connectivity index (χ2n) is 3.43. The summed E-state index contributed by atoms with van der Waals surface area (Å²) in [6, 6.07) is 6.89. The molecule has 0 aliphatic rings. The molecule has 98 valence electrons. The monoisotopic (exact) mass is 287 g/mol. The molecule has 0 aromatic heterocycles. The zero-order valence-corrected chi connectivity index (χ0v) is 11.5. The Labute approximate surface area is 115 Å². The van der Waals surface area contributed by atoms with E-state index in [9.17, 15) is 9.59 Å². The number of benzene rings is 1. The highest BCUT2D eigenvalue weighted by Crippen LogP contribution is 2.14. The van der Waals surface area contributed by atoms with Crippen LogP contribution in [0.1, 0.15) is 6.42 Å². The Kier molecular flexibility index (Phi) is 6.60. The molecule has 0 aliphatic heterocycles. The van der Waals surface area contributed by atoms with E-state index in [4.69, 9.17) is 11.6 Å². The van der Waals surface area contributed by atoms with Crippen molar-refractivity contribution < 1.29 is 14.3 Å². The van der Waals surface area contributed by atoms with E-state index in [0.29, 0.717) is 28.6 Å². The summed E-state index contributed by atoms with van der Waals surface area (Å²) in [6.45, 7) is 0. The molecule has 0 radical (unpaired) electrons. The summed E-state index contributed by atoms with van der Waals surface area (Å²) in [5.74, 6) is 0.508. The molecule has 1 amide bonds. The van der Waals surface area contributed by atoms with Crippen LogP contribution in [0.4, 0.5) is 5.69 Å². The predicted octanol–water partition coefficient (Wildman–Crippen LogP) is 2.57. The number of hydrogen-bond acceptors (Lipinski definition) is 4. The molecule has 1 aromatic carbocycles. The lowest BCUT2D eigenvalue weighted by molar-refractivity contribution is -0.140.